The summed E-state index contributed by atoms with van der Waals surface area (Å²) < 4.78 is 7.58. The van der Waals surface area contributed by atoms with E-state index in [1.165, 1.54) is 91.4 Å². The maximum absolute atomic E-state index is 2.51. The maximum Gasteiger partial charge on any atom is 0.0619 e. The Morgan fingerprint density at radius 2 is 1.04 bits per heavy atom. The number of nitrogens with zero attached hydrogens (tertiary/aromatic N) is 2. The minimum atomic E-state index is 1.16. The van der Waals surface area contributed by atoms with Crippen LogP contribution in [-0.2, 0) is 0 Å². The Balaban J connectivity index is 1.27. The number of thiophene rings is 1. The molecule has 0 saturated carbocycles. The van der Waals surface area contributed by atoms with Crippen LogP contribution in [0.4, 0.5) is 0 Å². The molecule has 0 bridgehead atoms. The van der Waals surface area contributed by atoms with E-state index in [2.05, 4.69) is 179 Å². The van der Waals surface area contributed by atoms with Gasteiger partial charge in [0, 0.05) is 58.5 Å². The smallest absolute Gasteiger partial charge is 0.0619 e. The highest BCUT2D eigenvalue weighted by molar-refractivity contribution is 7.25. The van der Waals surface area contributed by atoms with Gasteiger partial charge in [-0.05, 0) is 71.1 Å². The number of fused-ring (bicyclic) bond motifs is 12. The van der Waals surface area contributed by atoms with E-state index in [0.717, 1.165) is 5.69 Å². The summed E-state index contributed by atoms with van der Waals surface area (Å²) in [6.07, 6.45) is 0. The lowest BCUT2D eigenvalue weighted by Crippen LogP contribution is -1.96. The molecule has 49 heavy (non-hydrogen) atoms. The van der Waals surface area contributed by atoms with Crippen LogP contribution in [0.25, 0.3) is 97.1 Å². The van der Waals surface area contributed by atoms with Gasteiger partial charge in [-0.1, -0.05) is 115 Å². The largest absolute Gasteiger partial charge is 0.309 e. The molecule has 0 amide bonds. The van der Waals surface area contributed by atoms with Gasteiger partial charge in [0.1, 0.15) is 0 Å². The molecule has 0 radical (unpaired) electrons. The molecular weight excluding hydrogens is 613 g/mol. The summed E-state index contributed by atoms with van der Waals surface area (Å²) in [7, 11) is 0. The van der Waals surface area contributed by atoms with E-state index in [9.17, 15) is 0 Å². The van der Waals surface area contributed by atoms with Crippen LogP contribution in [0.1, 0.15) is 0 Å². The summed E-state index contributed by atoms with van der Waals surface area (Å²) >= 11 is 1.87. The Kier molecular flexibility index (Phi) is 5.57. The molecule has 0 aliphatic rings. The lowest BCUT2D eigenvalue weighted by molar-refractivity contribution is 1.17. The third kappa shape index (κ3) is 3.76. The Labute approximate surface area is 286 Å². The molecule has 0 spiro atoms. The highest BCUT2D eigenvalue weighted by Gasteiger charge is 2.22. The molecule has 2 nitrogen and oxygen atoms in total. The van der Waals surface area contributed by atoms with Crippen molar-refractivity contribution in [2.24, 2.45) is 0 Å². The molecule has 3 heterocycles. The van der Waals surface area contributed by atoms with E-state index in [1.54, 1.807) is 0 Å². The summed E-state index contributed by atoms with van der Waals surface area (Å²) in [5.41, 5.74) is 9.73. The van der Waals surface area contributed by atoms with Crippen LogP contribution in [0.2, 0.25) is 0 Å². The first-order chi connectivity index (χ1) is 24.3. The van der Waals surface area contributed by atoms with E-state index in [0.29, 0.717) is 0 Å². The van der Waals surface area contributed by atoms with Crippen molar-refractivity contribution in [2.45, 2.75) is 0 Å². The Bertz CT molecular complexity index is 3100. The molecule has 0 fully saturated rings. The van der Waals surface area contributed by atoms with Crippen LogP contribution < -0.4 is 0 Å². The third-order valence-electron chi connectivity index (χ3n) is 10.3. The first-order valence-electron chi connectivity index (χ1n) is 16.8. The fraction of sp³-hybridized carbons (Fsp3) is 0. The Morgan fingerprint density at radius 3 is 1.94 bits per heavy atom. The number of benzene rings is 8. The lowest BCUT2D eigenvalue weighted by Gasteiger charge is -2.13. The van der Waals surface area contributed by atoms with E-state index in [4.69, 9.17) is 0 Å². The van der Waals surface area contributed by atoms with E-state index in [1.807, 2.05) is 11.3 Å². The maximum atomic E-state index is 2.51. The van der Waals surface area contributed by atoms with Crippen LogP contribution in [0.15, 0.2) is 170 Å². The molecule has 11 rings (SSSR count). The fourth-order valence-electron chi connectivity index (χ4n) is 8.28. The molecule has 3 heteroatoms. The summed E-state index contributed by atoms with van der Waals surface area (Å²) in [4.78, 5) is 0. The zero-order valence-corrected chi connectivity index (χ0v) is 27.3. The Morgan fingerprint density at radius 1 is 0.367 bits per heavy atom. The van der Waals surface area contributed by atoms with Crippen molar-refractivity contribution in [3.8, 4) is 22.5 Å². The average Bonchev–Trinajstić information content (AvgIpc) is 3.83. The molecule has 0 aliphatic heterocycles. The van der Waals surface area contributed by atoms with Crippen molar-refractivity contribution in [3.05, 3.63) is 170 Å². The summed E-state index contributed by atoms with van der Waals surface area (Å²) in [6, 6.07) is 62.4. The van der Waals surface area contributed by atoms with Gasteiger partial charge in [-0.15, -0.1) is 11.3 Å². The summed E-state index contributed by atoms with van der Waals surface area (Å²) in [5.74, 6) is 0. The highest BCUT2D eigenvalue weighted by atomic mass is 32.1. The first-order valence-corrected chi connectivity index (χ1v) is 17.6. The van der Waals surface area contributed by atoms with Gasteiger partial charge >= 0.3 is 0 Å². The molecule has 0 atom stereocenters. The zero-order chi connectivity index (χ0) is 32.1. The average molecular weight is 641 g/mol. The van der Waals surface area contributed by atoms with Gasteiger partial charge in [0.2, 0.25) is 0 Å². The van der Waals surface area contributed by atoms with Crippen molar-refractivity contribution in [1.82, 2.24) is 9.13 Å². The van der Waals surface area contributed by atoms with Crippen LogP contribution in [-0.4, -0.2) is 9.13 Å². The second-order valence-corrected chi connectivity index (χ2v) is 14.0. The predicted molar refractivity (Wildman–Crippen MR) is 211 cm³/mol. The second kappa shape index (κ2) is 10.2. The molecular formula is C46H28N2S. The molecule has 0 unspecified atom stereocenters. The van der Waals surface area contributed by atoms with Crippen LogP contribution in [0, 0.1) is 0 Å². The van der Waals surface area contributed by atoms with E-state index in [-0.39, 0.29) is 0 Å². The SMILES string of the molecule is c1ccc(-n2c3ccccc3c3c4c5ccc6ccccc6c5n(-c5cccc(-c6cccc7sc8ccccc8c67)c5)c4ccc32)cc1. The third-order valence-corrected chi connectivity index (χ3v) is 11.4. The molecule has 0 N–H and O–H groups in total. The van der Waals surface area contributed by atoms with Crippen molar-refractivity contribution >= 4 is 85.9 Å². The van der Waals surface area contributed by atoms with Gasteiger partial charge in [-0.25, -0.2) is 0 Å². The van der Waals surface area contributed by atoms with Gasteiger partial charge in [-0.2, -0.15) is 0 Å². The number of para-hydroxylation sites is 2. The second-order valence-electron chi connectivity index (χ2n) is 12.9. The van der Waals surface area contributed by atoms with E-state index < -0.39 is 0 Å². The van der Waals surface area contributed by atoms with Crippen molar-refractivity contribution in [2.75, 3.05) is 0 Å². The van der Waals surface area contributed by atoms with Crippen LogP contribution in [0.3, 0.4) is 0 Å². The van der Waals surface area contributed by atoms with Crippen molar-refractivity contribution < 1.29 is 0 Å². The zero-order valence-electron chi connectivity index (χ0n) is 26.5. The fourth-order valence-corrected chi connectivity index (χ4v) is 9.41. The van der Waals surface area contributed by atoms with Crippen molar-refractivity contribution in [3.63, 3.8) is 0 Å². The first kappa shape index (κ1) is 26.9. The van der Waals surface area contributed by atoms with Gasteiger partial charge in [0.25, 0.3) is 0 Å². The van der Waals surface area contributed by atoms with E-state index >= 15 is 0 Å². The highest BCUT2D eigenvalue weighted by Crippen LogP contribution is 2.45. The molecule has 0 saturated heterocycles. The van der Waals surface area contributed by atoms with Gasteiger partial charge in [-0.3, -0.25) is 0 Å². The summed E-state index contributed by atoms with van der Waals surface area (Å²) in [6.45, 7) is 0. The molecule has 8 aromatic carbocycles. The monoisotopic (exact) mass is 640 g/mol. The predicted octanol–water partition coefficient (Wildman–Crippen LogP) is 13.1. The standard InChI is InChI=1S/C46H28N2S/c1-2-14-31(15-3-1)47-38-21-8-6-18-35(38)44-39(47)26-27-40-45(44)37-25-24-29-12-4-5-17-34(29)46(37)48(40)32-16-10-13-30(28-32)33-20-11-23-42-43(33)36-19-7-9-22-41(36)49-42/h1-28H. The van der Waals surface area contributed by atoms with Crippen LogP contribution in [0.5, 0.6) is 0 Å². The number of rotatable bonds is 3. The molecule has 228 valence electrons. The van der Waals surface area contributed by atoms with Gasteiger partial charge < -0.3 is 9.13 Å². The summed E-state index contributed by atoms with van der Waals surface area (Å²) in [5, 5.41) is 10.3. The minimum absolute atomic E-state index is 1.16. The molecule has 3 aromatic heterocycles. The topological polar surface area (TPSA) is 9.86 Å². The van der Waals surface area contributed by atoms with Gasteiger partial charge in [0.05, 0.1) is 22.1 Å². The number of aromatic nitrogens is 2. The molecule has 11 aromatic rings. The number of hydrogen-bond donors (Lipinski definition) is 0. The normalized spacial score (nSPS) is 12.1. The number of hydrogen-bond acceptors (Lipinski definition) is 1. The molecule has 0 aliphatic carbocycles. The van der Waals surface area contributed by atoms with Gasteiger partial charge in [0.15, 0.2) is 0 Å². The van der Waals surface area contributed by atoms with Crippen LogP contribution >= 0.6 is 11.3 Å². The quantitative estimate of drug-likeness (QED) is 0.182. The lowest BCUT2D eigenvalue weighted by atomic mass is 9.99. The Hall–Kier alpha value is -6.16. The minimum Gasteiger partial charge on any atom is -0.309 e. The van der Waals surface area contributed by atoms with Crippen molar-refractivity contribution in [1.29, 1.82) is 0 Å².